The molecule has 0 unspecified atom stereocenters. The fourth-order valence-corrected chi connectivity index (χ4v) is 3.41. The van der Waals surface area contributed by atoms with Crippen LogP contribution in [0.4, 0.5) is 0 Å². The first-order valence-electron chi connectivity index (χ1n) is 5.78. The van der Waals surface area contributed by atoms with Crippen LogP contribution in [0.15, 0.2) is 24.3 Å². The Kier molecular flexibility index (Phi) is 4.02. The quantitative estimate of drug-likeness (QED) is 0.795. The highest BCUT2D eigenvalue weighted by Gasteiger charge is 2.27. The van der Waals surface area contributed by atoms with Gasteiger partial charge in [-0.3, -0.25) is 0 Å². The van der Waals surface area contributed by atoms with Gasteiger partial charge in [0.2, 0.25) is 10.0 Å². The highest BCUT2D eigenvalue weighted by Crippen LogP contribution is 2.17. The molecule has 0 amide bonds. The summed E-state index contributed by atoms with van der Waals surface area (Å²) in [6, 6.07) is 7.41. The van der Waals surface area contributed by atoms with Crippen LogP contribution in [0.2, 0.25) is 0 Å². The lowest BCUT2D eigenvalue weighted by atomic mass is 10.1. The first-order valence-corrected chi connectivity index (χ1v) is 7.39. The third-order valence-electron chi connectivity index (χ3n) is 2.83. The number of aliphatic hydroxyl groups is 1. The summed E-state index contributed by atoms with van der Waals surface area (Å²) in [5, 5.41) is 8.58. The number of hydrogen-bond donors (Lipinski definition) is 1. The summed E-state index contributed by atoms with van der Waals surface area (Å²) >= 11 is 0. The van der Waals surface area contributed by atoms with Crippen LogP contribution < -0.4 is 0 Å². The van der Waals surface area contributed by atoms with Gasteiger partial charge in [-0.15, -0.1) is 0 Å². The second-order valence-electron chi connectivity index (χ2n) is 4.16. The molecule has 96 valence electrons. The molecule has 18 heavy (non-hydrogen) atoms. The molecule has 0 radical (unpaired) electrons. The summed E-state index contributed by atoms with van der Waals surface area (Å²) in [6.45, 7) is 0.873. The molecule has 1 heterocycles. The first-order chi connectivity index (χ1) is 8.62. The van der Waals surface area contributed by atoms with Gasteiger partial charge in [0.25, 0.3) is 0 Å². The van der Waals surface area contributed by atoms with Crippen LogP contribution in [0.5, 0.6) is 0 Å². The summed E-state index contributed by atoms with van der Waals surface area (Å²) in [7, 11) is -3.04. The van der Waals surface area contributed by atoms with Crippen molar-refractivity contribution in [1.82, 2.24) is 4.31 Å². The monoisotopic (exact) mass is 265 g/mol. The first kappa shape index (κ1) is 13.1. The smallest absolute Gasteiger partial charge is 0.214 e. The molecular formula is C13H15NO3S. The molecule has 0 spiro atoms. The van der Waals surface area contributed by atoms with Crippen LogP contribution in [0, 0.1) is 11.8 Å². The van der Waals surface area contributed by atoms with Gasteiger partial charge in [-0.2, -0.15) is 4.31 Å². The summed E-state index contributed by atoms with van der Waals surface area (Å²) in [5.74, 6) is 5.63. The van der Waals surface area contributed by atoms with Gasteiger partial charge in [-0.25, -0.2) is 8.42 Å². The zero-order chi connectivity index (χ0) is 13.0. The third kappa shape index (κ3) is 3.10. The molecule has 0 bridgehead atoms. The number of rotatable bonds is 2. The second kappa shape index (κ2) is 5.53. The molecule has 1 saturated heterocycles. The maximum atomic E-state index is 11.7. The van der Waals surface area contributed by atoms with Gasteiger partial charge in [-0.05, 0) is 24.1 Å². The Morgan fingerprint density at radius 2 is 2.00 bits per heavy atom. The van der Waals surface area contributed by atoms with Crippen molar-refractivity contribution in [2.24, 2.45) is 0 Å². The molecule has 1 aromatic carbocycles. The van der Waals surface area contributed by atoms with E-state index in [1.54, 1.807) is 0 Å². The van der Waals surface area contributed by atoms with Crippen molar-refractivity contribution in [2.75, 3.05) is 18.9 Å². The lowest BCUT2D eigenvalue weighted by Gasteiger charge is -2.13. The standard InChI is InChI=1S/C13H15NO3S/c15-9-1-3-12-4-6-13(7-5-12)11-14-8-2-10-18(14,16)17/h4-7,15H,2,8-11H2. The van der Waals surface area contributed by atoms with Crippen molar-refractivity contribution in [2.45, 2.75) is 13.0 Å². The highest BCUT2D eigenvalue weighted by atomic mass is 32.2. The number of aliphatic hydroxyl groups excluding tert-OH is 1. The average molecular weight is 265 g/mol. The Bertz CT molecular complexity index is 566. The average Bonchev–Trinajstić information content (AvgIpc) is 2.68. The zero-order valence-corrected chi connectivity index (χ0v) is 10.8. The molecular weight excluding hydrogens is 250 g/mol. The molecule has 1 fully saturated rings. The van der Waals surface area contributed by atoms with Crippen molar-refractivity contribution in [3.05, 3.63) is 35.4 Å². The molecule has 1 N–H and O–H groups in total. The Balaban J connectivity index is 2.07. The molecule has 4 nitrogen and oxygen atoms in total. The minimum absolute atomic E-state index is 0.159. The molecule has 0 atom stereocenters. The molecule has 2 rings (SSSR count). The largest absolute Gasteiger partial charge is 0.384 e. The van der Waals surface area contributed by atoms with Crippen LogP contribution in [0.3, 0.4) is 0 Å². The van der Waals surface area contributed by atoms with E-state index in [2.05, 4.69) is 11.8 Å². The maximum Gasteiger partial charge on any atom is 0.214 e. The van der Waals surface area contributed by atoms with E-state index in [0.717, 1.165) is 11.1 Å². The van der Waals surface area contributed by atoms with Gasteiger partial charge in [0.05, 0.1) is 5.75 Å². The molecule has 1 aromatic rings. The number of nitrogens with zero attached hydrogens (tertiary/aromatic N) is 1. The van der Waals surface area contributed by atoms with Crippen LogP contribution >= 0.6 is 0 Å². The number of sulfonamides is 1. The summed E-state index contributed by atoms with van der Waals surface area (Å²) in [6.07, 6.45) is 0.711. The Hall–Kier alpha value is -1.35. The van der Waals surface area contributed by atoms with E-state index in [-0.39, 0.29) is 12.4 Å². The van der Waals surface area contributed by atoms with Crippen molar-refractivity contribution in [3.63, 3.8) is 0 Å². The van der Waals surface area contributed by atoms with Gasteiger partial charge in [0.1, 0.15) is 6.61 Å². The lowest BCUT2D eigenvalue weighted by molar-refractivity contribution is 0.350. The molecule has 1 aliphatic rings. The zero-order valence-electron chi connectivity index (χ0n) is 9.96. The summed E-state index contributed by atoms with van der Waals surface area (Å²) in [5.41, 5.74) is 1.77. The maximum absolute atomic E-state index is 11.7. The highest BCUT2D eigenvalue weighted by molar-refractivity contribution is 7.89. The summed E-state index contributed by atoms with van der Waals surface area (Å²) in [4.78, 5) is 0. The van der Waals surface area contributed by atoms with Gasteiger partial charge >= 0.3 is 0 Å². The molecule has 0 aromatic heterocycles. The molecule has 0 saturated carbocycles. The van der Waals surface area contributed by atoms with E-state index in [4.69, 9.17) is 5.11 Å². The summed E-state index contributed by atoms with van der Waals surface area (Å²) < 4.78 is 24.8. The van der Waals surface area contributed by atoms with Gasteiger partial charge < -0.3 is 5.11 Å². The number of hydrogen-bond acceptors (Lipinski definition) is 3. The fraction of sp³-hybridized carbons (Fsp3) is 0.385. The van der Waals surface area contributed by atoms with Gasteiger partial charge in [-0.1, -0.05) is 24.0 Å². The fourth-order valence-electron chi connectivity index (χ4n) is 1.91. The van der Waals surface area contributed by atoms with Crippen LogP contribution in [-0.4, -0.2) is 36.7 Å². The molecule has 5 heteroatoms. The van der Waals surface area contributed by atoms with E-state index in [0.29, 0.717) is 19.5 Å². The van der Waals surface area contributed by atoms with Gasteiger partial charge in [0, 0.05) is 18.7 Å². The second-order valence-corrected chi connectivity index (χ2v) is 6.25. The van der Waals surface area contributed by atoms with Crippen molar-refractivity contribution >= 4 is 10.0 Å². The lowest BCUT2D eigenvalue weighted by Crippen LogP contribution is -2.25. The minimum Gasteiger partial charge on any atom is -0.384 e. The normalized spacial score (nSPS) is 18.3. The molecule has 0 aliphatic carbocycles. The topological polar surface area (TPSA) is 57.6 Å². The van der Waals surface area contributed by atoms with Crippen molar-refractivity contribution < 1.29 is 13.5 Å². The Morgan fingerprint density at radius 3 is 2.56 bits per heavy atom. The van der Waals surface area contributed by atoms with Crippen LogP contribution in [-0.2, 0) is 16.6 Å². The predicted molar refractivity (Wildman–Crippen MR) is 69.2 cm³/mol. The van der Waals surface area contributed by atoms with E-state index in [1.165, 1.54) is 4.31 Å². The van der Waals surface area contributed by atoms with Crippen LogP contribution in [0.1, 0.15) is 17.5 Å². The Morgan fingerprint density at radius 1 is 1.28 bits per heavy atom. The van der Waals surface area contributed by atoms with E-state index < -0.39 is 10.0 Å². The SMILES string of the molecule is O=S1(=O)CCCN1Cc1ccc(C#CCO)cc1. The minimum atomic E-state index is -3.04. The van der Waals surface area contributed by atoms with Crippen molar-refractivity contribution in [1.29, 1.82) is 0 Å². The van der Waals surface area contributed by atoms with E-state index in [9.17, 15) is 8.42 Å². The predicted octanol–water partition coefficient (Wildman–Crippen LogP) is 0.566. The van der Waals surface area contributed by atoms with E-state index in [1.807, 2.05) is 24.3 Å². The number of benzene rings is 1. The third-order valence-corrected chi connectivity index (χ3v) is 4.73. The molecule has 1 aliphatic heterocycles. The Labute approximate surface area is 107 Å². The van der Waals surface area contributed by atoms with E-state index >= 15 is 0 Å². The van der Waals surface area contributed by atoms with Crippen molar-refractivity contribution in [3.8, 4) is 11.8 Å². The van der Waals surface area contributed by atoms with Crippen LogP contribution in [0.25, 0.3) is 0 Å². The van der Waals surface area contributed by atoms with Gasteiger partial charge in [0.15, 0.2) is 0 Å².